The van der Waals surface area contributed by atoms with Gasteiger partial charge in [-0.05, 0) is 44.6 Å². The summed E-state index contributed by atoms with van der Waals surface area (Å²) in [6.07, 6.45) is 6.19. The molecule has 3 unspecified atom stereocenters. The molecular weight excluding hydrogens is 228 g/mol. The minimum Gasteiger partial charge on any atom is -0.394 e. The Bertz CT molecular complexity index is 283. The van der Waals surface area contributed by atoms with Gasteiger partial charge in [0.25, 0.3) is 0 Å². The van der Waals surface area contributed by atoms with E-state index < -0.39 is 0 Å². The van der Waals surface area contributed by atoms with E-state index in [-0.39, 0.29) is 18.6 Å². The van der Waals surface area contributed by atoms with Gasteiger partial charge >= 0.3 is 0 Å². The van der Waals surface area contributed by atoms with Gasteiger partial charge in [-0.25, -0.2) is 0 Å². The number of hydrogen-bond donors (Lipinski definition) is 2. The topological polar surface area (TPSA) is 52.6 Å². The molecule has 2 aliphatic heterocycles. The van der Waals surface area contributed by atoms with Crippen molar-refractivity contribution < 1.29 is 9.90 Å². The van der Waals surface area contributed by atoms with Crippen molar-refractivity contribution in [3.8, 4) is 0 Å². The van der Waals surface area contributed by atoms with Crippen LogP contribution >= 0.6 is 0 Å². The molecule has 2 aliphatic rings. The van der Waals surface area contributed by atoms with Crippen molar-refractivity contribution in [3.05, 3.63) is 0 Å². The Morgan fingerprint density at radius 3 is 2.89 bits per heavy atom. The molecule has 1 amide bonds. The van der Waals surface area contributed by atoms with Gasteiger partial charge in [-0.3, -0.25) is 4.79 Å². The number of likely N-dealkylation sites (tertiary alicyclic amines) is 1. The molecule has 0 aromatic carbocycles. The van der Waals surface area contributed by atoms with E-state index in [1.807, 2.05) is 4.90 Å². The molecule has 2 N–H and O–H groups in total. The number of carbonyl (C=O) groups excluding carboxylic acids is 1. The summed E-state index contributed by atoms with van der Waals surface area (Å²) in [6, 6.07) is 0.387. The molecule has 0 aromatic heterocycles. The maximum Gasteiger partial charge on any atom is 0.224 e. The molecule has 0 bridgehead atoms. The highest BCUT2D eigenvalue weighted by Crippen LogP contribution is 2.22. The van der Waals surface area contributed by atoms with Crippen LogP contribution in [0.1, 0.15) is 45.4 Å². The third kappa shape index (κ3) is 3.23. The quantitative estimate of drug-likeness (QED) is 0.794. The third-order valence-electron chi connectivity index (χ3n) is 4.48. The zero-order valence-corrected chi connectivity index (χ0v) is 11.4. The van der Waals surface area contributed by atoms with Crippen LogP contribution in [0, 0.1) is 5.92 Å². The second-order valence-electron chi connectivity index (χ2n) is 5.80. The zero-order valence-electron chi connectivity index (χ0n) is 11.4. The van der Waals surface area contributed by atoms with Gasteiger partial charge < -0.3 is 15.3 Å². The number of rotatable bonds is 3. The first kappa shape index (κ1) is 13.8. The standard InChI is InChI=1S/C14H26N2O2/c1-11-5-4-7-15-13(11)9-14(18)16-8-3-2-6-12(16)10-17/h11-13,15,17H,2-10H2,1H3. The van der Waals surface area contributed by atoms with E-state index in [9.17, 15) is 9.90 Å². The van der Waals surface area contributed by atoms with Gasteiger partial charge in [-0.2, -0.15) is 0 Å². The fourth-order valence-electron chi connectivity index (χ4n) is 3.21. The van der Waals surface area contributed by atoms with Crippen LogP contribution in [-0.4, -0.2) is 47.7 Å². The molecule has 4 heteroatoms. The number of carbonyl (C=O) groups is 1. The Kier molecular flexibility index (Phi) is 5.01. The average Bonchev–Trinajstić information content (AvgIpc) is 2.41. The summed E-state index contributed by atoms with van der Waals surface area (Å²) in [5.41, 5.74) is 0. The number of piperidine rings is 2. The lowest BCUT2D eigenvalue weighted by atomic mass is 9.90. The van der Waals surface area contributed by atoms with E-state index in [1.54, 1.807) is 0 Å². The minimum absolute atomic E-state index is 0.0603. The number of nitrogens with zero attached hydrogens (tertiary/aromatic N) is 1. The Hall–Kier alpha value is -0.610. The summed E-state index contributed by atoms with van der Waals surface area (Å²) in [4.78, 5) is 14.3. The Balaban J connectivity index is 1.89. The summed E-state index contributed by atoms with van der Waals surface area (Å²) >= 11 is 0. The van der Waals surface area contributed by atoms with E-state index >= 15 is 0 Å². The first-order valence-corrected chi connectivity index (χ1v) is 7.36. The van der Waals surface area contributed by atoms with Gasteiger partial charge in [-0.1, -0.05) is 6.92 Å². The van der Waals surface area contributed by atoms with Crippen LogP contribution in [-0.2, 0) is 4.79 Å². The average molecular weight is 254 g/mol. The lowest BCUT2D eigenvalue weighted by Crippen LogP contribution is -2.49. The maximum absolute atomic E-state index is 12.4. The third-order valence-corrected chi connectivity index (χ3v) is 4.48. The molecule has 0 saturated carbocycles. The van der Waals surface area contributed by atoms with Gasteiger partial charge in [0.2, 0.25) is 5.91 Å². The SMILES string of the molecule is CC1CCCNC1CC(=O)N1CCCCC1CO. The first-order valence-electron chi connectivity index (χ1n) is 7.36. The highest BCUT2D eigenvalue weighted by molar-refractivity contribution is 5.77. The van der Waals surface area contributed by atoms with E-state index in [2.05, 4.69) is 12.2 Å². The predicted octanol–water partition coefficient (Wildman–Crippen LogP) is 1.14. The summed E-state index contributed by atoms with van der Waals surface area (Å²) < 4.78 is 0. The molecule has 104 valence electrons. The van der Waals surface area contributed by atoms with Crippen LogP contribution < -0.4 is 5.32 Å². The van der Waals surface area contributed by atoms with Gasteiger partial charge in [0.1, 0.15) is 0 Å². The Labute approximate surface area is 110 Å². The van der Waals surface area contributed by atoms with Crippen molar-refractivity contribution in [1.82, 2.24) is 10.2 Å². The normalized spacial score (nSPS) is 33.4. The lowest BCUT2D eigenvalue weighted by molar-refractivity contribution is -0.136. The van der Waals surface area contributed by atoms with Crippen LogP contribution in [0.5, 0.6) is 0 Å². The lowest BCUT2D eigenvalue weighted by Gasteiger charge is -2.37. The van der Waals surface area contributed by atoms with Crippen molar-refractivity contribution in [2.24, 2.45) is 5.92 Å². The molecule has 2 rings (SSSR count). The second kappa shape index (κ2) is 6.53. The minimum atomic E-state index is 0.0603. The van der Waals surface area contributed by atoms with Crippen LogP contribution in [0.15, 0.2) is 0 Å². The van der Waals surface area contributed by atoms with Gasteiger partial charge in [0.05, 0.1) is 12.6 Å². The van der Waals surface area contributed by atoms with Crippen LogP contribution in [0.2, 0.25) is 0 Å². The molecule has 0 spiro atoms. The number of nitrogens with one attached hydrogen (secondary N) is 1. The molecule has 4 nitrogen and oxygen atoms in total. The number of aliphatic hydroxyl groups excluding tert-OH is 1. The zero-order chi connectivity index (χ0) is 13.0. The summed E-state index contributed by atoms with van der Waals surface area (Å²) in [6.45, 7) is 4.19. The molecule has 2 fully saturated rings. The Morgan fingerprint density at radius 2 is 2.17 bits per heavy atom. The highest BCUT2D eigenvalue weighted by atomic mass is 16.3. The maximum atomic E-state index is 12.4. The smallest absolute Gasteiger partial charge is 0.224 e. The van der Waals surface area contributed by atoms with E-state index in [0.29, 0.717) is 18.4 Å². The molecule has 18 heavy (non-hydrogen) atoms. The second-order valence-corrected chi connectivity index (χ2v) is 5.80. The largest absolute Gasteiger partial charge is 0.394 e. The fourth-order valence-corrected chi connectivity index (χ4v) is 3.21. The molecular formula is C14H26N2O2. The molecule has 2 saturated heterocycles. The van der Waals surface area contributed by atoms with E-state index in [1.165, 1.54) is 12.8 Å². The van der Waals surface area contributed by atoms with Gasteiger partial charge in [0, 0.05) is 19.0 Å². The summed E-state index contributed by atoms with van der Waals surface area (Å²) in [5.74, 6) is 0.806. The molecule has 0 radical (unpaired) electrons. The predicted molar refractivity (Wildman–Crippen MR) is 71.2 cm³/mol. The first-order chi connectivity index (χ1) is 8.72. The number of amides is 1. The summed E-state index contributed by atoms with van der Waals surface area (Å²) in [5, 5.41) is 12.8. The van der Waals surface area contributed by atoms with Crippen LogP contribution in [0.25, 0.3) is 0 Å². The van der Waals surface area contributed by atoms with Crippen molar-refractivity contribution in [2.75, 3.05) is 19.7 Å². The van der Waals surface area contributed by atoms with Crippen molar-refractivity contribution in [2.45, 2.75) is 57.5 Å². The number of aliphatic hydroxyl groups is 1. The van der Waals surface area contributed by atoms with Gasteiger partial charge in [-0.15, -0.1) is 0 Å². The van der Waals surface area contributed by atoms with Crippen molar-refractivity contribution in [1.29, 1.82) is 0 Å². The molecule has 2 heterocycles. The van der Waals surface area contributed by atoms with Crippen molar-refractivity contribution in [3.63, 3.8) is 0 Å². The Morgan fingerprint density at radius 1 is 1.33 bits per heavy atom. The fraction of sp³-hybridized carbons (Fsp3) is 0.929. The summed E-state index contributed by atoms with van der Waals surface area (Å²) in [7, 11) is 0. The monoisotopic (exact) mass is 254 g/mol. The number of hydrogen-bond acceptors (Lipinski definition) is 3. The van der Waals surface area contributed by atoms with Gasteiger partial charge in [0.15, 0.2) is 0 Å². The van der Waals surface area contributed by atoms with Crippen LogP contribution in [0.4, 0.5) is 0 Å². The van der Waals surface area contributed by atoms with Crippen molar-refractivity contribution >= 4 is 5.91 Å². The molecule has 0 aromatic rings. The highest BCUT2D eigenvalue weighted by Gasteiger charge is 2.30. The molecule has 3 atom stereocenters. The van der Waals surface area contributed by atoms with E-state index in [0.717, 1.165) is 32.4 Å². The molecule has 0 aliphatic carbocycles. The van der Waals surface area contributed by atoms with Crippen LogP contribution in [0.3, 0.4) is 0 Å². The van der Waals surface area contributed by atoms with E-state index in [4.69, 9.17) is 0 Å².